The molecule has 0 saturated carbocycles. The summed E-state index contributed by atoms with van der Waals surface area (Å²) in [5.74, 6) is 0.251. The average molecular weight is 511 g/mol. The van der Waals surface area contributed by atoms with E-state index in [1.165, 1.54) is 54.1 Å². The normalized spacial score (nSPS) is 10.8. The van der Waals surface area contributed by atoms with Gasteiger partial charge in [0.15, 0.2) is 5.13 Å². The van der Waals surface area contributed by atoms with Crippen LogP contribution in [0, 0.1) is 12.8 Å². The number of amides is 2. The number of hydrogen-bond donors (Lipinski definition) is 3. The van der Waals surface area contributed by atoms with Crippen molar-refractivity contribution in [2.45, 2.75) is 59.8 Å². The molecule has 36 heavy (non-hydrogen) atoms. The van der Waals surface area contributed by atoms with Crippen LogP contribution in [0.3, 0.4) is 0 Å². The van der Waals surface area contributed by atoms with Gasteiger partial charge in [-0.15, -0.1) is 11.3 Å². The van der Waals surface area contributed by atoms with E-state index in [1.807, 2.05) is 36.6 Å². The lowest BCUT2D eigenvalue weighted by Crippen LogP contribution is -2.32. The molecule has 3 rings (SSSR count). The Hall–Kier alpha value is -2.91. The Bertz CT molecular complexity index is 1050. The summed E-state index contributed by atoms with van der Waals surface area (Å²) in [6, 6.07) is 9.55. The monoisotopic (exact) mass is 510 g/mol. The zero-order valence-corrected chi connectivity index (χ0v) is 22.9. The van der Waals surface area contributed by atoms with Gasteiger partial charge in [0.25, 0.3) is 5.91 Å². The van der Waals surface area contributed by atoms with E-state index in [0.29, 0.717) is 10.7 Å². The number of aromatic nitrogens is 2. The first kappa shape index (κ1) is 31.1. The summed E-state index contributed by atoms with van der Waals surface area (Å²) in [5, 5.41) is 14.6. The maximum absolute atomic E-state index is 12.0. The SMILES string of the molecule is CCCCCC(C)CC.CO.[B]n1ccc(C(=O)NCC(=O)Nc2nc(-c3cccc(C)c3)cs2)c1. The number of aliphatic hydroxyl groups is 1. The van der Waals surface area contributed by atoms with Crippen molar-refractivity contribution in [2.24, 2.45) is 5.92 Å². The van der Waals surface area contributed by atoms with Gasteiger partial charge in [-0.05, 0) is 31.2 Å². The van der Waals surface area contributed by atoms with Gasteiger partial charge >= 0.3 is 0 Å². The molecule has 1 aromatic carbocycles. The molecular weight excluding hydrogens is 471 g/mol. The van der Waals surface area contributed by atoms with Gasteiger partial charge in [-0.25, -0.2) is 4.98 Å². The Kier molecular flexibility index (Phi) is 15.1. The van der Waals surface area contributed by atoms with Gasteiger partial charge in [0.2, 0.25) is 13.9 Å². The highest BCUT2D eigenvalue weighted by Gasteiger charge is 2.11. The molecule has 0 aliphatic carbocycles. The van der Waals surface area contributed by atoms with Crippen LogP contribution in [0.4, 0.5) is 5.13 Å². The first-order chi connectivity index (χ1) is 17.3. The highest BCUT2D eigenvalue weighted by molar-refractivity contribution is 7.14. The predicted molar refractivity (Wildman–Crippen MR) is 151 cm³/mol. The number of carbonyl (C=O) groups excluding carboxylic acids is 2. The first-order valence-corrected chi connectivity index (χ1v) is 13.2. The number of nitrogens with zero attached hydrogens (tertiary/aromatic N) is 2. The van der Waals surface area contributed by atoms with Gasteiger partial charge in [0, 0.05) is 24.3 Å². The van der Waals surface area contributed by atoms with Crippen LogP contribution in [0.15, 0.2) is 48.1 Å². The second kappa shape index (κ2) is 17.5. The molecule has 0 bridgehead atoms. The number of thiazole rings is 1. The minimum atomic E-state index is -0.362. The number of carbonyl (C=O) groups is 2. The highest BCUT2D eigenvalue weighted by atomic mass is 32.1. The Morgan fingerprint density at radius 2 is 1.94 bits per heavy atom. The number of benzene rings is 1. The van der Waals surface area contributed by atoms with Crippen molar-refractivity contribution in [2.75, 3.05) is 19.0 Å². The van der Waals surface area contributed by atoms with Crippen LogP contribution in [0.1, 0.15) is 68.8 Å². The van der Waals surface area contributed by atoms with E-state index in [0.717, 1.165) is 29.8 Å². The van der Waals surface area contributed by atoms with Gasteiger partial charge < -0.3 is 20.2 Å². The molecule has 3 N–H and O–H groups in total. The number of rotatable bonds is 10. The van der Waals surface area contributed by atoms with Gasteiger partial charge in [-0.2, -0.15) is 0 Å². The zero-order chi connectivity index (χ0) is 26.9. The molecule has 0 fully saturated rings. The molecule has 9 heteroatoms. The molecule has 0 saturated heterocycles. The van der Waals surface area contributed by atoms with Crippen molar-refractivity contribution in [1.29, 1.82) is 0 Å². The van der Waals surface area contributed by atoms with Crippen LogP contribution >= 0.6 is 11.3 Å². The van der Waals surface area contributed by atoms with Crippen molar-refractivity contribution < 1.29 is 14.7 Å². The smallest absolute Gasteiger partial charge is 0.253 e. The maximum atomic E-state index is 12.0. The topological polar surface area (TPSA) is 96.3 Å². The van der Waals surface area contributed by atoms with E-state index in [4.69, 9.17) is 13.1 Å². The highest BCUT2D eigenvalue weighted by Crippen LogP contribution is 2.25. The molecule has 1 unspecified atom stereocenters. The lowest BCUT2D eigenvalue weighted by molar-refractivity contribution is -0.115. The second-order valence-corrected chi connectivity index (χ2v) is 9.35. The maximum Gasteiger partial charge on any atom is 0.253 e. The minimum absolute atomic E-state index is 0.145. The molecule has 3 aromatic rings. The van der Waals surface area contributed by atoms with Crippen molar-refractivity contribution in [3.05, 3.63) is 59.2 Å². The van der Waals surface area contributed by atoms with E-state index >= 15 is 0 Å². The molecule has 2 heterocycles. The van der Waals surface area contributed by atoms with Crippen LogP contribution in [0.5, 0.6) is 0 Å². The Labute approximate surface area is 220 Å². The average Bonchev–Trinajstić information content (AvgIpc) is 3.53. The molecule has 194 valence electrons. The fraction of sp³-hybridized carbons (Fsp3) is 0.444. The van der Waals surface area contributed by atoms with Crippen LogP contribution in [-0.4, -0.2) is 48.0 Å². The standard InChI is InChI=1S/C17H15BN4O2S.C9H20.CH4O/c1-11-3-2-4-12(7-11)14-10-25-17(20-14)21-15(23)8-19-16(24)13-5-6-22(18)9-13;1-4-6-7-8-9(3)5-2;1-2/h2-7,9-10H,8H2,1H3,(H,19,24)(H,20,21,23);9H,4-8H2,1-3H3;2H,1H3. The summed E-state index contributed by atoms with van der Waals surface area (Å²) in [4.78, 5) is 28.2. The molecular formula is C27H39BN4O3S. The number of anilines is 1. The largest absolute Gasteiger partial charge is 0.409 e. The van der Waals surface area contributed by atoms with Crippen LogP contribution in [-0.2, 0) is 4.79 Å². The lowest BCUT2D eigenvalue weighted by Gasteiger charge is -2.05. The predicted octanol–water partition coefficient (Wildman–Crippen LogP) is 5.44. The minimum Gasteiger partial charge on any atom is -0.409 e. The summed E-state index contributed by atoms with van der Waals surface area (Å²) < 4.78 is 1.28. The van der Waals surface area contributed by atoms with Gasteiger partial charge in [-0.1, -0.05) is 76.6 Å². The van der Waals surface area contributed by atoms with Crippen LogP contribution in [0.25, 0.3) is 11.3 Å². The third-order valence-electron chi connectivity index (χ3n) is 5.45. The molecule has 7 nitrogen and oxygen atoms in total. The molecule has 2 radical (unpaired) electrons. The number of nitrogens with one attached hydrogen (secondary N) is 2. The van der Waals surface area contributed by atoms with E-state index in [1.54, 1.807) is 12.3 Å². The summed E-state index contributed by atoms with van der Waals surface area (Å²) in [6.07, 6.45) is 10.0. The number of aliphatic hydroxyl groups excluding tert-OH is 1. The quantitative estimate of drug-likeness (QED) is 0.250. The molecule has 1 atom stereocenters. The van der Waals surface area contributed by atoms with Crippen molar-refractivity contribution in [3.63, 3.8) is 0 Å². The number of unbranched alkanes of at least 4 members (excludes halogenated alkanes) is 2. The summed E-state index contributed by atoms with van der Waals surface area (Å²) in [6.45, 7) is 8.75. The van der Waals surface area contributed by atoms with Gasteiger partial charge in [0.1, 0.15) is 0 Å². The van der Waals surface area contributed by atoms with Gasteiger partial charge in [0.05, 0.1) is 17.8 Å². The van der Waals surface area contributed by atoms with Crippen molar-refractivity contribution in [1.82, 2.24) is 14.8 Å². The summed E-state index contributed by atoms with van der Waals surface area (Å²) >= 11 is 1.34. The van der Waals surface area contributed by atoms with Crippen LogP contribution < -0.4 is 10.6 Å². The number of aryl methyl sites for hydroxylation is 1. The molecule has 0 spiro atoms. The third-order valence-corrected chi connectivity index (χ3v) is 6.21. The summed E-state index contributed by atoms with van der Waals surface area (Å²) in [7, 11) is 6.48. The van der Waals surface area contributed by atoms with E-state index in [-0.39, 0.29) is 18.4 Å². The number of hydrogen-bond acceptors (Lipinski definition) is 5. The first-order valence-electron chi connectivity index (χ1n) is 12.3. The fourth-order valence-corrected chi connectivity index (χ4v) is 3.92. The third kappa shape index (κ3) is 11.7. The Morgan fingerprint density at radius 3 is 2.56 bits per heavy atom. The van der Waals surface area contributed by atoms with E-state index in [2.05, 4.69) is 36.4 Å². The fourth-order valence-electron chi connectivity index (χ4n) is 3.19. The van der Waals surface area contributed by atoms with Gasteiger partial charge in [-0.3, -0.25) is 9.59 Å². The van der Waals surface area contributed by atoms with Crippen molar-refractivity contribution in [3.8, 4) is 11.3 Å². The molecule has 0 aliphatic heterocycles. The molecule has 2 aromatic heterocycles. The molecule has 2 amide bonds. The molecule has 0 aliphatic rings. The van der Waals surface area contributed by atoms with Crippen LogP contribution in [0.2, 0.25) is 0 Å². The summed E-state index contributed by atoms with van der Waals surface area (Å²) in [5.41, 5.74) is 3.34. The lowest BCUT2D eigenvalue weighted by atomic mass is 10.0. The Morgan fingerprint density at radius 1 is 1.19 bits per heavy atom. The van der Waals surface area contributed by atoms with E-state index < -0.39 is 0 Å². The Balaban J connectivity index is 0.000000500. The zero-order valence-electron chi connectivity index (χ0n) is 22.1. The van der Waals surface area contributed by atoms with E-state index in [9.17, 15) is 9.59 Å². The van der Waals surface area contributed by atoms with Crippen molar-refractivity contribution >= 4 is 36.3 Å². The second-order valence-electron chi connectivity index (χ2n) is 8.49.